The summed E-state index contributed by atoms with van der Waals surface area (Å²) in [5.41, 5.74) is 2.04. The normalized spacial score (nSPS) is 10.8. The number of allylic oxidation sites excluding steroid dienone is 2. The number of hydrogen-bond acceptors (Lipinski definition) is 9. The number of ether oxygens (including phenoxy) is 5. The second-order valence-corrected chi connectivity index (χ2v) is 9.74. The van der Waals surface area contributed by atoms with Gasteiger partial charge in [0.2, 0.25) is 0 Å². The van der Waals surface area contributed by atoms with Gasteiger partial charge in [0.15, 0.2) is 11.6 Å². The number of esters is 1. The van der Waals surface area contributed by atoms with Gasteiger partial charge < -0.3 is 37.9 Å². The smallest absolute Gasteiger partial charge is 0.310 e. The number of phenolic OH excluding ortho intramolecular Hbond substituents is 1. The van der Waals surface area contributed by atoms with E-state index < -0.39 is 5.97 Å². The first-order valence-corrected chi connectivity index (χ1v) is 14.2. The third-order valence-corrected chi connectivity index (χ3v) is 6.79. The fraction of sp³-hybridized carbons (Fsp3) is 0.229. The van der Waals surface area contributed by atoms with Crippen molar-refractivity contribution < 1.29 is 43.2 Å². The molecule has 1 N–H and O–H groups in total. The maximum absolute atomic E-state index is 12.7. The maximum atomic E-state index is 12.7. The molecule has 4 aromatic rings. The molecule has 0 amide bonds. The van der Waals surface area contributed by atoms with Crippen molar-refractivity contribution in [3.8, 4) is 34.5 Å². The summed E-state index contributed by atoms with van der Waals surface area (Å²) >= 11 is 0. The minimum Gasteiger partial charge on any atom is -0.507 e. The molecule has 0 radical (unpaired) electrons. The van der Waals surface area contributed by atoms with Gasteiger partial charge in [-0.2, -0.15) is 0 Å². The molecule has 4 rings (SSSR count). The number of hydrogen-bond donors (Lipinski definition) is 1. The highest BCUT2D eigenvalue weighted by Gasteiger charge is 2.21. The van der Waals surface area contributed by atoms with Crippen LogP contribution in [0.4, 0.5) is 0 Å². The first kappa shape index (κ1) is 34.8. The lowest BCUT2D eigenvalue weighted by atomic mass is 10.1. The van der Waals surface area contributed by atoms with E-state index in [0.29, 0.717) is 11.5 Å². The summed E-state index contributed by atoms with van der Waals surface area (Å²) in [5.74, 6) is 0.222. The number of phenols is 1. The van der Waals surface area contributed by atoms with Crippen molar-refractivity contribution in [3.63, 3.8) is 0 Å². The zero-order valence-corrected chi connectivity index (χ0v) is 26.9. The Balaban J connectivity index is 0.000000254. The van der Waals surface area contributed by atoms with E-state index in [1.54, 1.807) is 31.2 Å². The predicted molar refractivity (Wildman–Crippen MR) is 174 cm³/mol. The number of aromatic hydroxyl groups is 1. The number of aryl methyl sites for hydroxylation is 2. The first-order chi connectivity index (χ1) is 22.1. The Morgan fingerprint density at radius 2 is 1.15 bits per heavy atom. The molecule has 0 saturated heterocycles. The summed E-state index contributed by atoms with van der Waals surface area (Å²) in [6, 6.07) is 13.5. The summed E-state index contributed by atoms with van der Waals surface area (Å²) in [4.78, 5) is 36.7. The van der Waals surface area contributed by atoms with Crippen LogP contribution in [0.1, 0.15) is 45.4 Å². The van der Waals surface area contributed by atoms with E-state index >= 15 is 0 Å². The highest BCUT2D eigenvalue weighted by atomic mass is 16.5. The van der Waals surface area contributed by atoms with Crippen molar-refractivity contribution in [2.24, 2.45) is 14.1 Å². The predicted octanol–water partition coefficient (Wildman–Crippen LogP) is 5.90. The van der Waals surface area contributed by atoms with Crippen LogP contribution in [-0.4, -0.2) is 60.2 Å². The van der Waals surface area contributed by atoms with Crippen molar-refractivity contribution in [3.05, 3.63) is 95.6 Å². The molecular weight excluding hydrogens is 592 g/mol. The number of rotatable bonds is 12. The average molecular weight is 631 g/mol. The second kappa shape index (κ2) is 16.4. The van der Waals surface area contributed by atoms with Gasteiger partial charge in [-0.05, 0) is 48.6 Å². The Labute approximate surface area is 267 Å². The number of carbonyl (C=O) groups is 3. The van der Waals surface area contributed by atoms with Crippen LogP contribution in [0.25, 0.3) is 12.2 Å². The van der Waals surface area contributed by atoms with Crippen LogP contribution in [0.5, 0.6) is 34.5 Å². The number of carbonyl (C=O) groups excluding carboxylic acids is 3. The molecule has 46 heavy (non-hydrogen) atoms. The van der Waals surface area contributed by atoms with Gasteiger partial charge in [0, 0.05) is 68.6 Å². The lowest BCUT2D eigenvalue weighted by Gasteiger charge is -2.13. The Morgan fingerprint density at radius 3 is 1.59 bits per heavy atom. The summed E-state index contributed by atoms with van der Waals surface area (Å²) < 4.78 is 29.7. The Hall–Kier alpha value is -5.71. The molecule has 0 saturated carbocycles. The van der Waals surface area contributed by atoms with Crippen LogP contribution in [0.3, 0.4) is 0 Å². The lowest BCUT2D eigenvalue weighted by molar-refractivity contribution is -0.134. The van der Waals surface area contributed by atoms with Gasteiger partial charge >= 0.3 is 5.97 Å². The van der Waals surface area contributed by atoms with Crippen LogP contribution < -0.4 is 23.7 Å². The van der Waals surface area contributed by atoms with Crippen LogP contribution in [-0.2, 0) is 18.9 Å². The number of aromatic nitrogens is 2. The van der Waals surface area contributed by atoms with Crippen LogP contribution in [0.2, 0.25) is 0 Å². The van der Waals surface area contributed by atoms with Crippen LogP contribution >= 0.6 is 0 Å². The Bertz CT molecular complexity index is 1740. The fourth-order valence-corrected chi connectivity index (χ4v) is 4.25. The zero-order chi connectivity index (χ0) is 33.8. The molecule has 0 spiro atoms. The molecule has 11 heteroatoms. The van der Waals surface area contributed by atoms with E-state index in [1.807, 2.05) is 59.9 Å². The van der Waals surface area contributed by atoms with Gasteiger partial charge in [-0.3, -0.25) is 14.4 Å². The molecule has 2 aromatic carbocycles. The molecule has 11 nitrogen and oxygen atoms in total. The fourth-order valence-electron chi connectivity index (χ4n) is 4.25. The van der Waals surface area contributed by atoms with Crippen molar-refractivity contribution in [2.45, 2.75) is 13.3 Å². The molecule has 0 atom stereocenters. The molecule has 242 valence electrons. The van der Waals surface area contributed by atoms with Gasteiger partial charge in [-0.1, -0.05) is 6.92 Å². The molecule has 0 unspecified atom stereocenters. The number of nitrogens with zero attached hydrogens (tertiary/aromatic N) is 2. The highest BCUT2D eigenvalue weighted by molar-refractivity contribution is 6.11. The van der Waals surface area contributed by atoms with Gasteiger partial charge in [0.05, 0.1) is 28.4 Å². The second-order valence-electron chi connectivity index (χ2n) is 9.74. The van der Waals surface area contributed by atoms with Gasteiger partial charge in [0.1, 0.15) is 45.6 Å². The minimum absolute atomic E-state index is 0.115. The molecular formula is C35H38N2O9. The van der Waals surface area contributed by atoms with Gasteiger partial charge in [0.25, 0.3) is 0 Å². The van der Waals surface area contributed by atoms with Crippen molar-refractivity contribution in [1.29, 1.82) is 0 Å². The monoisotopic (exact) mass is 630 g/mol. The van der Waals surface area contributed by atoms with E-state index in [0.717, 1.165) is 11.4 Å². The minimum atomic E-state index is -0.448. The van der Waals surface area contributed by atoms with Crippen molar-refractivity contribution in [1.82, 2.24) is 9.13 Å². The largest absolute Gasteiger partial charge is 0.507 e. The van der Waals surface area contributed by atoms with E-state index in [4.69, 9.17) is 23.7 Å². The van der Waals surface area contributed by atoms with Crippen molar-refractivity contribution in [2.75, 3.05) is 28.4 Å². The molecule has 0 fully saturated rings. The molecule has 0 aliphatic heterocycles. The number of benzene rings is 2. The van der Waals surface area contributed by atoms with Crippen LogP contribution in [0, 0.1) is 0 Å². The third-order valence-electron chi connectivity index (χ3n) is 6.79. The van der Waals surface area contributed by atoms with E-state index in [9.17, 15) is 19.5 Å². The summed E-state index contributed by atoms with van der Waals surface area (Å²) in [5, 5.41) is 10.00. The lowest BCUT2D eigenvalue weighted by Crippen LogP contribution is -2.11. The average Bonchev–Trinajstić information content (AvgIpc) is 3.67. The number of methoxy groups -OCH3 is 4. The summed E-state index contributed by atoms with van der Waals surface area (Å²) in [6.45, 7) is 1.68. The van der Waals surface area contributed by atoms with E-state index in [-0.39, 0.29) is 52.1 Å². The SMILES string of the molecule is CCC(=O)Oc1cc(OC)cc(OC)c1C(=O)C=Cc1cccn1C.COc1cc(O)c(C(=O)C=Cc2cccn2C)c(OC)c1. The molecule has 2 aromatic heterocycles. The standard InChI is InChI=1S/C19H21NO5.C16H17NO4/c1-5-18(22)25-17-12-14(23-3)11-16(24-4)19(17)15(21)9-8-13-7-6-10-20(13)2;1-17-8-4-5-11(17)6-7-13(18)16-14(19)9-12(20-2)10-15(16)21-3/h6-12H,5H2,1-4H3;4-10,19H,1-3H3. The maximum Gasteiger partial charge on any atom is 0.310 e. The van der Waals surface area contributed by atoms with E-state index in [1.165, 1.54) is 52.7 Å². The molecule has 2 heterocycles. The third kappa shape index (κ3) is 8.69. The van der Waals surface area contributed by atoms with E-state index in [2.05, 4.69) is 0 Å². The van der Waals surface area contributed by atoms with Gasteiger partial charge in [-0.15, -0.1) is 0 Å². The summed E-state index contributed by atoms with van der Waals surface area (Å²) in [6.07, 6.45) is 10.2. The zero-order valence-electron chi connectivity index (χ0n) is 26.9. The topological polar surface area (TPSA) is 127 Å². The Kier molecular flexibility index (Phi) is 12.4. The molecule has 0 aliphatic rings. The molecule has 0 aliphatic carbocycles. The van der Waals surface area contributed by atoms with Crippen molar-refractivity contribution >= 4 is 29.7 Å². The van der Waals surface area contributed by atoms with Gasteiger partial charge in [-0.25, -0.2) is 0 Å². The number of ketones is 2. The Morgan fingerprint density at radius 1 is 0.696 bits per heavy atom. The summed E-state index contributed by atoms with van der Waals surface area (Å²) in [7, 11) is 9.61. The molecule has 0 bridgehead atoms. The quantitative estimate of drug-likeness (QED) is 0.0881. The van der Waals surface area contributed by atoms with Crippen LogP contribution in [0.15, 0.2) is 73.1 Å². The highest BCUT2D eigenvalue weighted by Crippen LogP contribution is 2.36. The first-order valence-electron chi connectivity index (χ1n) is 14.2.